The molecule has 8 heteroatoms. The second kappa shape index (κ2) is 9.19. The van der Waals surface area contributed by atoms with Gasteiger partial charge in [0.2, 0.25) is 10.0 Å². The fraction of sp³-hybridized carbons (Fsp3) is 0.538. The summed E-state index contributed by atoms with van der Waals surface area (Å²) in [5, 5.41) is 3.08. The lowest BCUT2D eigenvalue weighted by Gasteiger charge is -2.12. The fourth-order valence-electron chi connectivity index (χ4n) is 1.74. The van der Waals surface area contributed by atoms with Gasteiger partial charge >= 0.3 is 0 Å². The number of sulfonamides is 1. The summed E-state index contributed by atoms with van der Waals surface area (Å²) >= 11 is 0. The van der Waals surface area contributed by atoms with Crippen LogP contribution in [0.4, 0.5) is 4.39 Å². The van der Waals surface area contributed by atoms with E-state index in [4.69, 9.17) is 4.74 Å². The summed E-state index contributed by atoms with van der Waals surface area (Å²) in [6, 6.07) is 2.66. The van der Waals surface area contributed by atoms with E-state index in [2.05, 4.69) is 10.0 Å². The molecule has 122 valence electrons. The van der Waals surface area contributed by atoms with Gasteiger partial charge in [-0.1, -0.05) is 6.92 Å². The zero-order chi connectivity index (χ0) is 15.2. The van der Waals surface area contributed by atoms with Crippen molar-refractivity contribution in [3.05, 3.63) is 23.5 Å². The lowest BCUT2D eigenvalue weighted by atomic mass is 10.2. The average Bonchev–Trinajstić information content (AvgIpc) is 2.41. The van der Waals surface area contributed by atoms with E-state index in [9.17, 15) is 12.8 Å². The highest BCUT2D eigenvalue weighted by Gasteiger charge is 2.20. The number of methoxy groups -OCH3 is 1. The monoisotopic (exact) mass is 340 g/mol. The average molecular weight is 341 g/mol. The van der Waals surface area contributed by atoms with Crippen molar-refractivity contribution in [1.82, 2.24) is 10.0 Å². The van der Waals surface area contributed by atoms with Crippen LogP contribution in [0.5, 0.6) is 5.75 Å². The SMILES string of the molecule is CCCNCCNS(=O)(=O)c1ccc(OC)c(F)c1C.Cl. The van der Waals surface area contributed by atoms with Gasteiger partial charge in [0.05, 0.1) is 12.0 Å². The van der Waals surface area contributed by atoms with Crippen LogP contribution in [-0.4, -0.2) is 35.2 Å². The highest BCUT2D eigenvalue weighted by Crippen LogP contribution is 2.25. The van der Waals surface area contributed by atoms with Gasteiger partial charge in [0.25, 0.3) is 0 Å². The first-order chi connectivity index (χ1) is 9.44. The van der Waals surface area contributed by atoms with Crippen LogP contribution in [0, 0.1) is 12.7 Å². The Hall–Kier alpha value is -0.890. The van der Waals surface area contributed by atoms with Crippen LogP contribution >= 0.6 is 12.4 Å². The molecule has 1 aromatic rings. The zero-order valence-electron chi connectivity index (χ0n) is 12.4. The molecule has 0 aliphatic carbocycles. The number of ether oxygens (including phenoxy) is 1. The Morgan fingerprint density at radius 1 is 1.24 bits per heavy atom. The standard InChI is InChI=1S/C13H21FN2O3S.ClH/c1-4-7-15-8-9-16-20(17,18)12-6-5-11(19-3)13(14)10(12)2;/h5-6,15-16H,4,7-9H2,1-3H3;1H. The molecule has 0 radical (unpaired) electrons. The Bertz CT molecular complexity index is 553. The minimum Gasteiger partial charge on any atom is -0.494 e. The first-order valence-electron chi connectivity index (χ1n) is 6.47. The topological polar surface area (TPSA) is 67.4 Å². The molecule has 0 heterocycles. The minimum absolute atomic E-state index is 0. The maximum absolute atomic E-state index is 13.9. The molecule has 2 N–H and O–H groups in total. The van der Waals surface area contributed by atoms with Crippen molar-refractivity contribution < 1.29 is 17.5 Å². The summed E-state index contributed by atoms with van der Waals surface area (Å²) in [4.78, 5) is -0.0636. The normalized spacial score (nSPS) is 11.0. The molecule has 0 aromatic heterocycles. The van der Waals surface area contributed by atoms with Crippen molar-refractivity contribution in [1.29, 1.82) is 0 Å². The Labute approximate surface area is 131 Å². The fourth-order valence-corrected chi connectivity index (χ4v) is 3.01. The van der Waals surface area contributed by atoms with Crippen LogP contribution in [0.15, 0.2) is 17.0 Å². The molecule has 0 bridgehead atoms. The van der Waals surface area contributed by atoms with Gasteiger partial charge in [0.1, 0.15) is 0 Å². The smallest absolute Gasteiger partial charge is 0.240 e. The number of halogens is 2. The third-order valence-corrected chi connectivity index (χ3v) is 4.44. The zero-order valence-corrected chi connectivity index (χ0v) is 14.0. The van der Waals surface area contributed by atoms with Gasteiger partial charge in [0, 0.05) is 18.7 Å². The first kappa shape index (κ1) is 20.1. The molecule has 0 fully saturated rings. The second-order valence-electron chi connectivity index (χ2n) is 4.35. The van der Waals surface area contributed by atoms with Crippen LogP contribution in [0.1, 0.15) is 18.9 Å². The van der Waals surface area contributed by atoms with E-state index in [0.717, 1.165) is 13.0 Å². The molecule has 0 aliphatic rings. The maximum Gasteiger partial charge on any atom is 0.240 e. The van der Waals surface area contributed by atoms with Gasteiger partial charge < -0.3 is 10.1 Å². The molecule has 0 amide bonds. The lowest BCUT2D eigenvalue weighted by Crippen LogP contribution is -2.32. The molecule has 21 heavy (non-hydrogen) atoms. The lowest BCUT2D eigenvalue weighted by molar-refractivity contribution is 0.384. The number of rotatable bonds is 8. The summed E-state index contributed by atoms with van der Waals surface area (Å²) in [5.74, 6) is -0.620. The Kier molecular flexibility index (Phi) is 8.80. The predicted molar refractivity (Wildman–Crippen MR) is 83.3 cm³/mol. The molecule has 0 spiro atoms. The summed E-state index contributed by atoms with van der Waals surface area (Å²) in [5.41, 5.74) is 0.0540. The number of nitrogens with one attached hydrogen (secondary N) is 2. The molecule has 0 unspecified atom stereocenters. The Morgan fingerprint density at radius 2 is 1.90 bits per heavy atom. The highest BCUT2D eigenvalue weighted by atomic mass is 35.5. The Morgan fingerprint density at radius 3 is 2.48 bits per heavy atom. The quantitative estimate of drug-likeness (QED) is 0.709. The van der Waals surface area contributed by atoms with E-state index < -0.39 is 15.8 Å². The molecule has 0 atom stereocenters. The summed E-state index contributed by atoms with van der Waals surface area (Å²) < 4.78 is 45.3. The molecule has 0 saturated heterocycles. The molecule has 5 nitrogen and oxygen atoms in total. The van der Waals surface area contributed by atoms with Gasteiger partial charge in [-0.25, -0.2) is 17.5 Å². The molecule has 1 rings (SSSR count). The van der Waals surface area contributed by atoms with Gasteiger partial charge in [-0.3, -0.25) is 0 Å². The van der Waals surface area contributed by atoms with Gasteiger partial charge in [-0.05, 0) is 32.0 Å². The maximum atomic E-state index is 13.9. The molecule has 0 aliphatic heterocycles. The van der Waals surface area contributed by atoms with Crippen LogP contribution < -0.4 is 14.8 Å². The highest BCUT2D eigenvalue weighted by molar-refractivity contribution is 7.89. The van der Waals surface area contributed by atoms with Crippen molar-refractivity contribution in [3.8, 4) is 5.75 Å². The number of benzene rings is 1. The van der Waals surface area contributed by atoms with Gasteiger partial charge in [0.15, 0.2) is 11.6 Å². The van der Waals surface area contributed by atoms with Crippen molar-refractivity contribution >= 4 is 22.4 Å². The number of hydrogen-bond donors (Lipinski definition) is 2. The van der Waals surface area contributed by atoms with Crippen molar-refractivity contribution in [2.75, 3.05) is 26.7 Å². The summed E-state index contributed by atoms with van der Waals surface area (Å²) in [6.45, 7) is 5.07. The van der Waals surface area contributed by atoms with E-state index >= 15 is 0 Å². The summed E-state index contributed by atoms with van der Waals surface area (Å²) in [6.07, 6.45) is 0.982. The van der Waals surface area contributed by atoms with Crippen molar-refractivity contribution in [3.63, 3.8) is 0 Å². The number of hydrogen-bond acceptors (Lipinski definition) is 4. The summed E-state index contributed by atoms with van der Waals surface area (Å²) in [7, 11) is -2.37. The third-order valence-electron chi connectivity index (χ3n) is 2.83. The van der Waals surface area contributed by atoms with Gasteiger partial charge in [-0.2, -0.15) is 0 Å². The van der Waals surface area contributed by atoms with Gasteiger partial charge in [-0.15, -0.1) is 12.4 Å². The van der Waals surface area contributed by atoms with E-state index in [1.165, 1.54) is 26.2 Å². The largest absolute Gasteiger partial charge is 0.494 e. The van der Waals surface area contributed by atoms with Crippen LogP contribution in [0.25, 0.3) is 0 Å². The predicted octanol–water partition coefficient (Wildman–Crippen LogP) is 1.84. The van der Waals surface area contributed by atoms with Crippen molar-refractivity contribution in [2.45, 2.75) is 25.2 Å². The second-order valence-corrected chi connectivity index (χ2v) is 6.09. The van der Waals surface area contributed by atoms with E-state index in [-0.39, 0.29) is 35.2 Å². The molecular weight excluding hydrogens is 319 g/mol. The van der Waals surface area contributed by atoms with Crippen LogP contribution in [0.2, 0.25) is 0 Å². The minimum atomic E-state index is -3.71. The van der Waals surface area contributed by atoms with E-state index in [0.29, 0.717) is 6.54 Å². The first-order valence-corrected chi connectivity index (χ1v) is 7.95. The molecule has 0 saturated carbocycles. The van der Waals surface area contributed by atoms with Crippen molar-refractivity contribution in [2.24, 2.45) is 0 Å². The van der Waals surface area contributed by atoms with Crippen LogP contribution in [0.3, 0.4) is 0 Å². The van der Waals surface area contributed by atoms with E-state index in [1.807, 2.05) is 6.92 Å². The van der Waals surface area contributed by atoms with Crippen LogP contribution in [-0.2, 0) is 10.0 Å². The molecular formula is C13H22ClFN2O3S. The Balaban J connectivity index is 0.00000400. The molecule has 1 aromatic carbocycles. The third kappa shape index (κ3) is 5.43. The van der Waals surface area contributed by atoms with E-state index in [1.54, 1.807) is 0 Å².